The summed E-state index contributed by atoms with van der Waals surface area (Å²) in [5, 5.41) is 9.61. The molecule has 22 heavy (non-hydrogen) atoms. The van der Waals surface area contributed by atoms with Crippen molar-refractivity contribution >= 4 is 17.5 Å². The summed E-state index contributed by atoms with van der Waals surface area (Å²) < 4.78 is 5.67. The number of aromatic hydroxyl groups is 1. The highest BCUT2D eigenvalue weighted by Gasteiger charge is 2.42. The van der Waals surface area contributed by atoms with Crippen molar-refractivity contribution in [2.45, 2.75) is 32.3 Å². The van der Waals surface area contributed by atoms with Gasteiger partial charge in [0, 0.05) is 19.2 Å². The zero-order chi connectivity index (χ0) is 15.9. The fourth-order valence-electron chi connectivity index (χ4n) is 2.92. The molecular weight excluding hydrogens is 284 g/mol. The van der Waals surface area contributed by atoms with Crippen LogP contribution in [-0.2, 0) is 9.59 Å². The van der Waals surface area contributed by atoms with Crippen molar-refractivity contribution in [2.75, 3.05) is 24.5 Å². The molecule has 2 amide bonds. The number of carbonyl (C=O) groups is 2. The van der Waals surface area contributed by atoms with Crippen molar-refractivity contribution in [1.29, 1.82) is 0 Å². The number of phenolic OH excluding ortho intramolecular Hbond substituents is 1. The first kappa shape index (κ1) is 14.7. The number of anilines is 1. The van der Waals surface area contributed by atoms with E-state index in [9.17, 15) is 14.7 Å². The van der Waals surface area contributed by atoms with Gasteiger partial charge in [-0.25, -0.2) is 0 Å². The fourth-order valence-corrected chi connectivity index (χ4v) is 2.92. The summed E-state index contributed by atoms with van der Waals surface area (Å²) in [5.74, 6) is 0.175. The Morgan fingerprint density at radius 1 is 1.32 bits per heavy atom. The number of hydrogen-bond acceptors (Lipinski definition) is 4. The minimum absolute atomic E-state index is 0.00337. The maximum absolute atomic E-state index is 12.6. The Kier molecular flexibility index (Phi) is 3.47. The van der Waals surface area contributed by atoms with Gasteiger partial charge in [-0.1, -0.05) is 0 Å². The van der Waals surface area contributed by atoms with E-state index in [2.05, 4.69) is 0 Å². The quantitative estimate of drug-likeness (QED) is 0.899. The maximum atomic E-state index is 12.6. The zero-order valence-electron chi connectivity index (χ0n) is 12.8. The Bertz CT molecular complexity index is 621. The second-order valence-electron chi connectivity index (χ2n) is 6.24. The molecule has 1 N–H and O–H groups in total. The first-order valence-corrected chi connectivity index (χ1v) is 7.50. The minimum Gasteiger partial charge on any atom is -0.508 e. The van der Waals surface area contributed by atoms with Crippen LogP contribution in [-0.4, -0.2) is 47.1 Å². The zero-order valence-corrected chi connectivity index (χ0v) is 12.8. The van der Waals surface area contributed by atoms with Crippen molar-refractivity contribution in [3.8, 4) is 11.5 Å². The van der Waals surface area contributed by atoms with Crippen LogP contribution >= 0.6 is 0 Å². The molecule has 0 aliphatic carbocycles. The molecule has 6 nitrogen and oxygen atoms in total. The Hall–Kier alpha value is -2.24. The lowest BCUT2D eigenvalue weighted by Crippen LogP contribution is -2.55. The molecule has 0 saturated carbocycles. The summed E-state index contributed by atoms with van der Waals surface area (Å²) in [5.41, 5.74) is -0.541. The van der Waals surface area contributed by atoms with Crippen LogP contribution in [0.3, 0.4) is 0 Å². The highest BCUT2D eigenvalue weighted by atomic mass is 16.5. The summed E-state index contributed by atoms with van der Waals surface area (Å²) in [7, 11) is 0. The van der Waals surface area contributed by atoms with Crippen molar-refractivity contribution in [2.24, 2.45) is 0 Å². The summed E-state index contributed by atoms with van der Waals surface area (Å²) in [6.07, 6.45) is 2.03. The van der Waals surface area contributed by atoms with Gasteiger partial charge in [-0.05, 0) is 38.8 Å². The molecule has 2 aliphatic rings. The summed E-state index contributed by atoms with van der Waals surface area (Å²) in [4.78, 5) is 28.2. The van der Waals surface area contributed by atoms with Gasteiger partial charge < -0.3 is 14.7 Å². The molecule has 1 fully saturated rings. The van der Waals surface area contributed by atoms with Crippen LogP contribution in [0.2, 0.25) is 0 Å². The molecule has 2 aliphatic heterocycles. The lowest BCUT2D eigenvalue weighted by molar-refractivity contribution is -0.136. The molecule has 1 aromatic carbocycles. The normalized spacial score (nSPS) is 19.8. The van der Waals surface area contributed by atoms with Crippen molar-refractivity contribution in [3.63, 3.8) is 0 Å². The predicted octanol–water partition coefficient (Wildman–Crippen LogP) is 1.52. The number of likely N-dealkylation sites (tertiary alicyclic amines) is 1. The third-order valence-corrected chi connectivity index (χ3v) is 4.11. The Morgan fingerprint density at radius 3 is 2.68 bits per heavy atom. The summed E-state index contributed by atoms with van der Waals surface area (Å²) in [6.45, 7) is 4.83. The van der Waals surface area contributed by atoms with Gasteiger partial charge in [0.2, 0.25) is 5.91 Å². The van der Waals surface area contributed by atoms with Crippen molar-refractivity contribution < 1.29 is 19.4 Å². The van der Waals surface area contributed by atoms with Crippen LogP contribution < -0.4 is 9.64 Å². The SMILES string of the molecule is CC1(C)Oc2cc(O)ccc2N(CC(=O)N2CCCC2)C1=O. The van der Waals surface area contributed by atoms with Gasteiger partial charge in [0.05, 0.1) is 5.69 Å². The van der Waals surface area contributed by atoms with Crippen molar-refractivity contribution in [3.05, 3.63) is 18.2 Å². The number of nitrogens with zero attached hydrogens (tertiary/aromatic N) is 2. The Morgan fingerprint density at radius 2 is 2.00 bits per heavy atom. The van der Waals surface area contributed by atoms with Gasteiger partial charge >= 0.3 is 0 Å². The number of hydrogen-bond donors (Lipinski definition) is 1. The van der Waals surface area contributed by atoms with E-state index >= 15 is 0 Å². The third-order valence-electron chi connectivity index (χ3n) is 4.11. The number of benzene rings is 1. The first-order valence-electron chi connectivity index (χ1n) is 7.50. The van der Waals surface area contributed by atoms with E-state index in [1.807, 2.05) is 0 Å². The largest absolute Gasteiger partial charge is 0.508 e. The molecule has 3 rings (SSSR count). The molecule has 0 unspecified atom stereocenters. The van der Waals surface area contributed by atoms with Crippen LogP contribution in [0, 0.1) is 0 Å². The predicted molar refractivity (Wildman–Crippen MR) is 81.0 cm³/mol. The van der Waals surface area contributed by atoms with Crippen molar-refractivity contribution in [1.82, 2.24) is 4.90 Å². The molecule has 2 heterocycles. The topological polar surface area (TPSA) is 70.1 Å². The van der Waals surface area contributed by atoms with Gasteiger partial charge in [0.15, 0.2) is 5.60 Å². The number of carbonyl (C=O) groups excluding carboxylic acids is 2. The minimum atomic E-state index is -1.06. The monoisotopic (exact) mass is 304 g/mol. The number of phenols is 1. The second kappa shape index (κ2) is 5.19. The second-order valence-corrected chi connectivity index (χ2v) is 6.24. The fraction of sp³-hybridized carbons (Fsp3) is 0.500. The van der Waals surface area contributed by atoms with Gasteiger partial charge in [-0.2, -0.15) is 0 Å². The molecule has 118 valence electrons. The van der Waals surface area contributed by atoms with Crippen LogP contribution in [0.5, 0.6) is 11.5 Å². The van der Waals surface area contributed by atoms with Crippen LogP contribution in [0.25, 0.3) is 0 Å². The number of ether oxygens (including phenoxy) is 1. The standard InChI is InChI=1S/C16H20N2O4/c1-16(2)15(21)18(10-14(20)17-7-3-4-8-17)12-6-5-11(19)9-13(12)22-16/h5-6,9,19H,3-4,7-8,10H2,1-2H3. The first-order chi connectivity index (χ1) is 10.4. The average molecular weight is 304 g/mol. The van der Waals surface area contributed by atoms with Gasteiger partial charge in [0.1, 0.15) is 18.0 Å². The highest BCUT2D eigenvalue weighted by molar-refractivity contribution is 6.05. The molecule has 0 aromatic heterocycles. The Balaban J connectivity index is 1.91. The van der Waals surface area contributed by atoms with E-state index in [1.54, 1.807) is 24.8 Å². The number of rotatable bonds is 2. The van der Waals surface area contributed by atoms with Crippen LogP contribution in [0.4, 0.5) is 5.69 Å². The smallest absolute Gasteiger partial charge is 0.271 e. The van der Waals surface area contributed by atoms with E-state index in [-0.39, 0.29) is 24.1 Å². The molecular formula is C16H20N2O4. The third kappa shape index (κ3) is 2.49. The molecule has 6 heteroatoms. The van der Waals surface area contributed by atoms with E-state index in [4.69, 9.17) is 4.74 Å². The number of amides is 2. The molecule has 1 aromatic rings. The molecule has 0 radical (unpaired) electrons. The van der Waals surface area contributed by atoms with Gasteiger partial charge in [-0.3, -0.25) is 14.5 Å². The van der Waals surface area contributed by atoms with Gasteiger partial charge in [-0.15, -0.1) is 0 Å². The molecule has 1 saturated heterocycles. The Labute approximate surface area is 129 Å². The van der Waals surface area contributed by atoms with E-state index in [1.165, 1.54) is 17.0 Å². The van der Waals surface area contributed by atoms with Crippen LogP contribution in [0.1, 0.15) is 26.7 Å². The molecule has 0 spiro atoms. The number of fused-ring (bicyclic) bond motifs is 1. The van der Waals surface area contributed by atoms with Gasteiger partial charge in [0.25, 0.3) is 5.91 Å². The average Bonchev–Trinajstić information content (AvgIpc) is 2.97. The van der Waals surface area contributed by atoms with E-state index < -0.39 is 5.60 Å². The molecule has 0 atom stereocenters. The summed E-state index contributed by atoms with van der Waals surface area (Å²) >= 11 is 0. The molecule has 0 bridgehead atoms. The lowest BCUT2D eigenvalue weighted by Gasteiger charge is -2.38. The van der Waals surface area contributed by atoms with E-state index in [0.29, 0.717) is 11.4 Å². The van der Waals surface area contributed by atoms with E-state index in [0.717, 1.165) is 25.9 Å². The highest BCUT2D eigenvalue weighted by Crippen LogP contribution is 2.39. The summed E-state index contributed by atoms with van der Waals surface area (Å²) in [6, 6.07) is 4.56. The maximum Gasteiger partial charge on any atom is 0.271 e. The van der Waals surface area contributed by atoms with Crippen LogP contribution in [0.15, 0.2) is 18.2 Å². The lowest BCUT2D eigenvalue weighted by atomic mass is 10.0.